The normalized spacial score (nSPS) is 22.0. The van der Waals surface area contributed by atoms with Gasteiger partial charge in [0.2, 0.25) is 0 Å². The molecule has 4 heteroatoms. The maximum Gasteiger partial charge on any atom is 0.263 e. The molecule has 1 amide bonds. The molecule has 2 unspecified atom stereocenters. The number of carbonyl (C=O) groups is 1. The zero-order valence-electron chi connectivity index (χ0n) is 11.4. The number of rotatable bonds is 2. The number of likely N-dealkylation sites (tertiary alicyclic amines) is 1. The Hall–Kier alpha value is -0.870. The smallest absolute Gasteiger partial charge is 0.263 e. The van der Waals surface area contributed by atoms with E-state index in [2.05, 4.69) is 13.8 Å². The molecule has 1 aliphatic heterocycles. The van der Waals surface area contributed by atoms with Crippen LogP contribution in [0, 0.1) is 19.8 Å². The van der Waals surface area contributed by atoms with Crippen LogP contribution in [-0.4, -0.2) is 29.9 Å². The van der Waals surface area contributed by atoms with Crippen LogP contribution in [0.25, 0.3) is 0 Å². The molecule has 1 aromatic rings. The summed E-state index contributed by atoms with van der Waals surface area (Å²) in [7, 11) is 0. The van der Waals surface area contributed by atoms with Crippen molar-refractivity contribution in [1.29, 1.82) is 0 Å². The number of carbonyl (C=O) groups excluding carboxylic acids is 1. The minimum absolute atomic E-state index is 0.174. The zero-order chi connectivity index (χ0) is 13.3. The predicted molar refractivity (Wildman–Crippen MR) is 76.1 cm³/mol. The van der Waals surface area contributed by atoms with Gasteiger partial charge in [-0.15, -0.1) is 11.3 Å². The minimum atomic E-state index is 0.174. The first kappa shape index (κ1) is 13.6. The summed E-state index contributed by atoms with van der Waals surface area (Å²) in [6, 6.07) is 2.19. The van der Waals surface area contributed by atoms with Gasteiger partial charge in [-0.2, -0.15) is 0 Å². The number of hydrogen-bond acceptors (Lipinski definition) is 3. The molecule has 2 N–H and O–H groups in total. The molecule has 1 saturated heterocycles. The maximum absolute atomic E-state index is 12.4. The molecule has 1 fully saturated rings. The lowest BCUT2D eigenvalue weighted by molar-refractivity contribution is 0.0666. The molecule has 2 heterocycles. The molecule has 2 atom stereocenters. The van der Waals surface area contributed by atoms with Crippen molar-refractivity contribution in [3.05, 3.63) is 21.4 Å². The zero-order valence-corrected chi connectivity index (χ0v) is 12.2. The predicted octanol–water partition coefficient (Wildman–Crippen LogP) is 2.56. The second-order valence-electron chi connectivity index (χ2n) is 5.36. The average molecular weight is 266 g/mol. The lowest BCUT2D eigenvalue weighted by Crippen LogP contribution is -2.44. The largest absolute Gasteiger partial charge is 0.338 e. The van der Waals surface area contributed by atoms with Gasteiger partial charge in [0.15, 0.2) is 0 Å². The summed E-state index contributed by atoms with van der Waals surface area (Å²) in [6.45, 7) is 7.85. The second kappa shape index (κ2) is 5.41. The SMILES string of the molecule is Cc1cc(C(=O)N2CCCC(C(C)N)C2)sc1C. The fourth-order valence-electron chi connectivity index (χ4n) is 2.46. The monoisotopic (exact) mass is 266 g/mol. The number of amides is 1. The quantitative estimate of drug-likeness (QED) is 0.894. The summed E-state index contributed by atoms with van der Waals surface area (Å²) >= 11 is 1.60. The van der Waals surface area contributed by atoms with E-state index in [1.807, 2.05) is 17.9 Å². The summed E-state index contributed by atoms with van der Waals surface area (Å²) in [4.78, 5) is 16.5. The van der Waals surface area contributed by atoms with E-state index in [1.165, 1.54) is 10.4 Å². The summed E-state index contributed by atoms with van der Waals surface area (Å²) in [5, 5.41) is 0. The van der Waals surface area contributed by atoms with E-state index in [4.69, 9.17) is 5.73 Å². The van der Waals surface area contributed by atoms with Crippen LogP contribution in [-0.2, 0) is 0 Å². The van der Waals surface area contributed by atoms with Gasteiger partial charge in [-0.3, -0.25) is 4.79 Å². The number of hydrogen-bond donors (Lipinski definition) is 1. The van der Waals surface area contributed by atoms with E-state index in [1.54, 1.807) is 11.3 Å². The van der Waals surface area contributed by atoms with Crippen LogP contribution in [0.2, 0.25) is 0 Å². The molecule has 3 nitrogen and oxygen atoms in total. The van der Waals surface area contributed by atoms with Crippen LogP contribution in [0.5, 0.6) is 0 Å². The van der Waals surface area contributed by atoms with Gasteiger partial charge in [0.25, 0.3) is 5.91 Å². The van der Waals surface area contributed by atoms with Gasteiger partial charge < -0.3 is 10.6 Å². The number of nitrogens with two attached hydrogens (primary N) is 1. The summed E-state index contributed by atoms with van der Waals surface area (Å²) in [5.74, 6) is 0.631. The molecular weight excluding hydrogens is 244 g/mol. The number of thiophene rings is 1. The maximum atomic E-state index is 12.4. The first-order valence-electron chi connectivity index (χ1n) is 6.61. The second-order valence-corrected chi connectivity index (χ2v) is 6.62. The molecule has 100 valence electrons. The van der Waals surface area contributed by atoms with E-state index in [0.29, 0.717) is 5.92 Å². The third-order valence-corrected chi connectivity index (χ3v) is 5.01. The Morgan fingerprint density at radius 3 is 2.83 bits per heavy atom. The summed E-state index contributed by atoms with van der Waals surface area (Å²) < 4.78 is 0. The van der Waals surface area contributed by atoms with Crippen LogP contribution in [0.3, 0.4) is 0 Å². The molecule has 0 aliphatic carbocycles. The Balaban J connectivity index is 2.09. The molecule has 1 aromatic heterocycles. The Morgan fingerprint density at radius 1 is 1.56 bits per heavy atom. The van der Waals surface area contributed by atoms with Gasteiger partial charge >= 0.3 is 0 Å². The van der Waals surface area contributed by atoms with E-state index in [-0.39, 0.29) is 11.9 Å². The molecule has 18 heavy (non-hydrogen) atoms. The molecule has 1 aliphatic rings. The van der Waals surface area contributed by atoms with Crippen molar-refractivity contribution in [2.24, 2.45) is 11.7 Å². The van der Waals surface area contributed by atoms with Crippen molar-refractivity contribution >= 4 is 17.2 Å². The molecule has 0 aromatic carbocycles. The van der Waals surface area contributed by atoms with Crippen molar-refractivity contribution in [3.63, 3.8) is 0 Å². The van der Waals surface area contributed by atoms with Crippen molar-refractivity contribution < 1.29 is 4.79 Å². The Morgan fingerprint density at radius 2 is 2.28 bits per heavy atom. The molecule has 0 saturated carbocycles. The van der Waals surface area contributed by atoms with Crippen LogP contribution >= 0.6 is 11.3 Å². The van der Waals surface area contributed by atoms with Crippen LogP contribution < -0.4 is 5.73 Å². The van der Waals surface area contributed by atoms with E-state index in [9.17, 15) is 4.79 Å². The van der Waals surface area contributed by atoms with E-state index >= 15 is 0 Å². The molecule has 2 rings (SSSR count). The Kier molecular flexibility index (Phi) is 4.07. The lowest BCUT2D eigenvalue weighted by atomic mass is 9.92. The fourth-order valence-corrected chi connectivity index (χ4v) is 3.46. The van der Waals surface area contributed by atoms with E-state index in [0.717, 1.165) is 30.8 Å². The number of nitrogens with zero attached hydrogens (tertiary/aromatic N) is 1. The van der Waals surface area contributed by atoms with Crippen LogP contribution in [0.1, 0.15) is 39.9 Å². The van der Waals surface area contributed by atoms with Gasteiger partial charge in [0.05, 0.1) is 4.88 Å². The highest BCUT2D eigenvalue weighted by atomic mass is 32.1. The molecule has 0 radical (unpaired) electrons. The molecular formula is C14H22N2OS. The molecule has 0 bridgehead atoms. The highest BCUT2D eigenvalue weighted by molar-refractivity contribution is 7.14. The third-order valence-electron chi connectivity index (χ3n) is 3.87. The minimum Gasteiger partial charge on any atom is -0.338 e. The fraction of sp³-hybridized carbons (Fsp3) is 0.643. The Bertz CT molecular complexity index is 420. The highest BCUT2D eigenvalue weighted by Crippen LogP contribution is 2.25. The van der Waals surface area contributed by atoms with Crippen molar-refractivity contribution in [2.75, 3.05) is 13.1 Å². The van der Waals surface area contributed by atoms with Gasteiger partial charge in [0.1, 0.15) is 0 Å². The van der Waals surface area contributed by atoms with Crippen LogP contribution in [0.4, 0.5) is 0 Å². The number of piperidine rings is 1. The van der Waals surface area contributed by atoms with Gasteiger partial charge in [-0.1, -0.05) is 0 Å². The highest BCUT2D eigenvalue weighted by Gasteiger charge is 2.27. The standard InChI is InChI=1S/C14H22N2OS/c1-9-7-13(18-11(9)3)14(17)16-6-4-5-12(8-16)10(2)15/h7,10,12H,4-6,8,15H2,1-3H3. The average Bonchev–Trinajstić information content (AvgIpc) is 2.69. The third kappa shape index (κ3) is 2.75. The van der Waals surface area contributed by atoms with Crippen molar-refractivity contribution in [2.45, 2.75) is 39.7 Å². The van der Waals surface area contributed by atoms with Crippen molar-refractivity contribution in [1.82, 2.24) is 4.90 Å². The van der Waals surface area contributed by atoms with Gasteiger partial charge in [-0.05, 0) is 51.2 Å². The lowest BCUT2D eigenvalue weighted by Gasteiger charge is -2.34. The first-order valence-corrected chi connectivity index (χ1v) is 7.42. The van der Waals surface area contributed by atoms with E-state index < -0.39 is 0 Å². The van der Waals surface area contributed by atoms with Gasteiger partial charge in [-0.25, -0.2) is 0 Å². The number of aryl methyl sites for hydroxylation is 2. The van der Waals surface area contributed by atoms with Crippen molar-refractivity contribution in [3.8, 4) is 0 Å². The topological polar surface area (TPSA) is 46.3 Å². The summed E-state index contributed by atoms with van der Waals surface area (Å²) in [5.41, 5.74) is 7.17. The molecule has 0 spiro atoms. The summed E-state index contributed by atoms with van der Waals surface area (Å²) in [6.07, 6.45) is 2.21. The first-order chi connectivity index (χ1) is 8.49. The Labute approximate surface area is 113 Å². The van der Waals surface area contributed by atoms with Gasteiger partial charge in [0, 0.05) is 24.0 Å². The van der Waals surface area contributed by atoms with Crippen LogP contribution in [0.15, 0.2) is 6.07 Å².